The summed E-state index contributed by atoms with van der Waals surface area (Å²) in [5, 5.41) is 3.19. The van der Waals surface area contributed by atoms with Crippen LogP contribution < -0.4 is 5.32 Å². The molecule has 1 aromatic rings. The van der Waals surface area contributed by atoms with Crippen molar-refractivity contribution in [3.63, 3.8) is 0 Å². The molecular weight excluding hydrogens is 349 g/mol. The van der Waals surface area contributed by atoms with Crippen LogP contribution in [0.2, 0.25) is 0 Å². The fourth-order valence-corrected chi connectivity index (χ4v) is 2.18. The van der Waals surface area contributed by atoms with Gasteiger partial charge in [0.2, 0.25) is 0 Å². The van der Waals surface area contributed by atoms with E-state index in [9.17, 15) is 13.2 Å². The van der Waals surface area contributed by atoms with Crippen molar-refractivity contribution in [1.82, 2.24) is 10.2 Å². The summed E-state index contributed by atoms with van der Waals surface area (Å²) in [6.07, 6.45) is -4.31. The van der Waals surface area contributed by atoms with Crippen molar-refractivity contribution in [2.24, 2.45) is 0 Å². The van der Waals surface area contributed by atoms with Crippen LogP contribution in [0.25, 0.3) is 0 Å². The van der Waals surface area contributed by atoms with E-state index in [0.29, 0.717) is 23.2 Å². The molecule has 7 heteroatoms. The summed E-state index contributed by atoms with van der Waals surface area (Å²) in [6.45, 7) is 3.36. The average molecular weight is 369 g/mol. The predicted octanol–water partition coefficient (Wildman–Crippen LogP) is 3.14. The van der Waals surface area contributed by atoms with Gasteiger partial charge in [0.25, 0.3) is 0 Å². The van der Waals surface area contributed by atoms with E-state index >= 15 is 0 Å². The minimum Gasteiger partial charge on any atom is -0.383 e. The number of halogens is 4. The molecule has 0 aliphatic rings. The number of alkyl halides is 3. The molecular formula is C14H20BrF3N2O. The van der Waals surface area contributed by atoms with E-state index in [-0.39, 0.29) is 0 Å². The lowest BCUT2D eigenvalue weighted by atomic mass is 10.1. The Bertz CT molecular complexity index is 441. The molecule has 0 aliphatic heterocycles. The Labute approximate surface area is 131 Å². The van der Waals surface area contributed by atoms with Gasteiger partial charge in [0.1, 0.15) is 0 Å². The van der Waals surface area contributed by atoms with Gasteiger partial charge in [0.05, 0.1) is 12.2 Å². The van der Waals surface area contributed by atoms with Gasteiger partial charge in [0, 0.05) is 37.8 Å². The SMILES string of the molecule is COCCNCCN(C)Cc1cc(C(F)(F)F)ccc1Br. The Morgan fingerprint density at radius 2 is 2.00 bits per heavy atom. The van der Waals surface area contributed by atoms with Crippen LogP contribution in [-0.2, 0) is 17.5 Å². The molecule has 0 fully saturated rings. The highest BCUT2D eigenvalue weighted by Gasteiger charge is 2.30. The maximum Gasteiger partial charge on any atom is 0.416 e. The molecule has 120 valence electrons. The van der Waals surface area contributed by atoms with E-state index in [1.54, 1.807) is 7.11 Å². The standard InChI is InChI=1S/C14H20BrF3N2O/c1-20(7-5-19-6-8-21-2)10-11-9-12(14(16,17)18)3-4-13(11)15/h3-4,9,19H,5-8,10H2,1-2H3. The summed E-state index contributed by atoms with van der Waals surface area (Å²) >= 11 is 3.30. The molecule has 0 spiro atoms. The second-order valence-corrected chi connectivity index (χ2v) is 5.64. The predicted molar refractivity (Wildman–Crippen MR) is 80.2 cm³/mol. The summed E-state index contributed by atoms with van der Waals surface area (Å²) in [7, 11) is 3.52. The van der Waals surface area contributed by atoms with Gasteiger partial charge in [-0.05, 0) is 30.8 Å². The maximum absolute atomic E-state index is 12.7. The molecule has 0 heterocycles. The van der Waals surface area contributed by atoms with Crippen molar-refractivity contribution in [1.29, 1.82) is 0 Å². The smallest absolute Gasteiger partial charge is 0.383 e. The first-order valence-electron chi connectivity index (χ1n) is 6.58. The van der Waals surface area contributed by atoms with Crippen LogP contribution in [0.5, 0.6) is 0 Å². The second kappa shape index (κ2) is 8.73. The first-order valence-corrected chi connectivity index (χ1v) is 7.37. The lowest BCUT2D eigenvalue weighted by molar-refractivity contribution is -0.137. The first kappa shape index (κ1) is 18.4. The van der Waals surface area contributed by atoms with E-state index in [0.717, 1.165) is 25.7 Å². The van der Waals surface area contributed by atoms with Gasteiger partial charge >= 0.3 is 6.18 Å². The molecule has 0 saturated carbocycles. The normalized spacial score (nSPS) is 12.1. The third-order valence-electron chi connectivity index (χ3n) is 2.97. The fraction of sp³-hybridized carbons (Fsp3) is 0.571. The van der Waals surface area contributed by atoms with Crippen molar-refractivity contribution in [3.8, 4) is 0 Å². The summed E-state index contributed by atoms with van der Waals surface area (Å²) in [5.74, 6) is 0. The number of nitrogens with zero attached hydrogens (tertiary/aromatic N) is 1. The molecule has 1 aromatic carbocycles. The van der Waals surface area contributed by atoms with Crippen molar-refractivity contribution < 1.29 is 17.9 Å². The van der Waals surface area contributed by atoms with Crippen molar-refractivity contribution in [2.45, 2.75) is 12.7 Å². The van der Waals surface area contributed by atoms with Crippen LogP contribution in [0, 0.1) is 0 Å². The highest BCUT2D eigenvalue weighted by Crippen LogP contribution is 2.32. The van der Waals surface area contributed by atoms with Gasteiger partial charge < -0.3 is 15.0 Å². The van der Waals surface area contributed by atoms with Gasteiger partial charge in [-0.2, -0.15) is 13.2 Å². The lowest BCUT2D eigenvalue weighted by Crippen LogP contribution is -2.30. The number of hydrogen-bond donors (Lipinski definition) is 1. The summed E-state index contributed by atoms with van der Waals surface area (Å²) in [5.41, 5.74) is 0.0107. The summed E-state index contributed by atoms with van der Waals surface area (Å²) in [4.78, 5) is 1.97. The molecule has 0 bridgehead atoms. The zero-order chi connectivity index (χ0) is 15.9. The van der Waals surface area contributed by atoms with Crippen molar-refractivity contribution in [3.05, 3.63) is 33.8 Å². The Balaban J connectivity index is 2.53. The fourth-order valence-electron chi connectivity index (χ4n) is 1.81. The number of benzene rings is 1. The maximum atomic E-state index is 12.7. The van der Waals surface area contributed by atoms with E-state index in [1.165, 1.54) is 12.1 Å². The number of hydrogen-bond acceptors (Lipinski definition) is 3. The minimum atomic E-state index is -4.31. The Morgan fingerprint density at radius 3 is 2.62 bits per heavy atom. The van der Waals surface area contributed by atoms with Crippen LogP contribution in [0.1, 0.15) is 11.1 Å². The zero-order valence-electron chi connectivity index (χ0n) is 12.1. The van der Waals surface area contributed by atoms with E-state index < -0.39 is 11.7 Å². The number of nitrogens with one attached hydrogen (secondary N) is 1. The molecule has 21 heavy (non-hydrogen) atoms. The Kier molecular flexibility index (Phi) is 7.65. The average Bonchev–Trinajstić information content (AvgIpc) is 2.40. The van der Waals surface area contributed by atoms with E-state index in [2.05, 4.69) is 21.2 Å². The van der Waals surface area contributed by atoms with Crippen molar-refractivity contribution in [2.75, 3.05) is 40.4 Å². The van der Waals surface area contributed by atoms with E-state index in [4.69, 9.17) is 4.74 Å². The molecule has 0 radical (unpaired) electrons. The lowest BCUT2D eigenvalue weighted by Gasteiger charge is -2.19. The van der Waals surface area contributed by atoms with Crippen LogP contribution >= 0.6 is 15.9 Å². The van der Waals surface area contributed by atoms with Crippen molar-refractivity contribution >= 4 is 15.9 Å². The highest BCUT2D eigenvalue weighted by atomic mass is 79.9. The molecule has 0 amide bonds. The largest absolute Gasteiger partial charge is 0.416 e. The molecule has 0 aliphatic carbocycles. The van der Waals surface area contributed by atoms with Gasteiger partial charge in [-0.15, -0.1) is 0 Å². The number of rotatable bonds is 8. The third-order valence-corrected chi connectivity index (χ3v) is 3.74. The molecule has 0 saturated heterocycles. The summed E-state index contributed by atoms with van der Waals surface area (Å²) in [6, 6.07) is 3.72. The number of methoxy groups -OCH3 is 1. The second-order valence-electron chi connectivity index (χ2n) is 4.78. The van der Waals surface area contributed by atoms with Crippen LogP contribution in [-0.4, -0.2) is 45.3 Å². The van der Waals surface area contributed by atoms with Gasteiger partial charge in [-0.25, -0.2) is 0 Å². The first-order chi connectivity index (χ1) is 9.84. The Morgan fingerprint density at radius 1 is 1.29 bits per heavy atom. The molecule has 0 atom stereocenters. The van der Waals surface area contributed by atoms with Gasteiger partial charge in [-0.3, -0.25) is 0 Å². The van der Waals surface area contributed by atoms with Crippen LogP contribution in [0.4, 0.5) is 13.2 Å². The van der Waals surface area contributed by atoms with Gasteiger partial charge in [0.15, 0.2) is 0 Å². The topological polar surface area (TPSA) is 24.5 Å². The monoisotopic (exact) mass is 368 g/mol. The van der Waals surface area contributed by atoms with E-state index in [1.807, 2.05) is 11.9 Å². The molecule has 0 unspecified atom stereocenters. The highest BCUT2D eigenvalue weighted by molar-refractivity contribution is 9.10. The zero-order valence-corrected chi connectivity index (χ0v) is 13.7. The summed E-state index contributed by atoms with van der Waals surface area (Å²) < 4.78 is 43.7. The van der Waals surface area contributed by atoms with Gasteiger partial charge in [-0.1, -0.05) is 15.9 Å². The molecule has 1 N–H and O–H groups in total. The third kappa shape index (κ3) is 6.78. The molecule has 3 nitrogen and oxygen atoms in total. The quantitative estimate of drug-likeness (QED) is 0.713. The van der Waals surface area contributed by atoms with Crippen LogP contribution in [0.3, 0.4) is 0 Å². The Hall–Kier alpha value is -0.630. The number of likely N-dealkylation sites (N-methyl/N-ethyl adjacent to an activating group) is 1. The molecule has 1 rings (SSSR count). The number of ether oxygens (including phenoxy) is 1. The molecule has 0 aromatic heterocycles. The minimum absolute atomic E-state index is 0.455. The van der Waals surface area contributed by atoms with Crippen LogP contribution in [0.15, 0.2) is 22.7 Å².